The molecule has 2 aromatic heterocycles. The zero-order chi connectivity index (χ0) is 14.2. The van der Waals surface area contributed by atoms with Crippen molar-refractivity contribution in [3.8, 4) is 5.88 Å². The Balaban J connectivity index is 2.56. The van der Waals surface area contributed by atoms with E-state index in [1.54, 1.807) is 7.11 Å². The Labute approximate surface area is 118 Å². The first kappa shape index (κ1) is 14.0. The van der Waals surface area contributed by atoms with Crippen LogP contribution in [0, 0.1) is 16.1 Å². The Morgan fingerprint density at radius 2 is 2.11 bits per heavy atom. The fraction of sp³-hybridized carbons (Fsp3) is 0.615. The number of methoxy groups -OCH3 is 1. The van der Waals surface area contributed by atoms with Gasteiger partial charge in [0.1, 0.15) is 11.8 Å². The second-order valence-electron chi connectivity index (χ2n) is 5.74. The van der Waals surface area contributed by atoms with Crippen molar-refractivity contribution in [3.63, 3.8) is 0 Å². The first-order chi connectivity index (χ1) is 8.86. The highest BCUT2D eigenvalue weighted by atomic mass is 32.1. The number of aromatic nitrogens is 4. The number of nitrogens with zero attached hydrogens (tertiary/aromatic N) is 3. The van der Waals surface area contributed by atoms with Crippen LogP contribution in [0.1, 0.15) is 27.7 Å². The molecule has 0 saturated carbocycles. The van der Waals surface area contributed by atoms with Gasteiger partial charge < -0.3 is 14.3 Å². The first-order valence-electron chi connectivity index (χ1n) is 6.34. The van der Waals surface area contributed by atoms with Gasteiger partial charge in [0.05, 0.1) is 7.11 Å². The first-order valence-corrected chi connectivity index (χ1v) is 6.75. The van der Waals surface area contributed by atoms with Crippen molar-refractivity contribution in [2.24, 2.45) is 11.3 Å². The Morgan fingerprint density at radius 1 is 1.42 bits per heavy atom. The number of nitrogens with one attached hydrogen (secondary N) is 1. The standard InChI is InChI=1S/C13H20N4OS/c1-8(2)13(3,4)6-17-10-9(16-12(17)19)11(18-5)15-7-14-10/h7-8H,6H2,1-5H3,(H,16,19). The van der Waals surface area contributed by atoms with E-state index in [9.17, 15) is 0 Å². The molecule has 2 rings (SSSR count). The monoisotopic (exact) mass is 280 g/mol. The van der Waals surface area contributed by atoms with Gasteiger partial charge in [0.2, 0.25) is 5.88 Å². The summed E-state index contributed by atoms with van der Waals surface area (Å²) in [5.41, 5.74) is 1.69. The van der Waals surface area contributed by atoms with Gasteiger partial charge in [-0.05, 0) is 23.6 Å². The summed E-state index contributed by atoms with van der Waals surface area (Å²) in [5.74, 6) is 1.07. The predicted octanol–water partition coefficient (Wildman–Crippen LogP) is 3.18. The fourth-order valence-corrected chi connectivity index (χ4v) is 2.09. The largest absolute Gasteiger partial charge is 0.479 e. The van der Waals surface area contributed by atoms with E-state index in [2.05, 4.69) is 42.6 Å². The molecule has 0 radical (unpaired) electrons. The molecule has 5 nitrogen and oxygen atoms in total. The molecule has 0 aliphatic rings. The lowest BCUT2D eigenvalue weighted by Crippen LogP contribution is -2.25. The quantitative estimate of drug-likeness (QED) is 0.874. The number of hydrogen-bond acceptors (Lipinski definition) is 4. The SMILES string of the molecule is COc1ncnc2c1[nH]c(=S)n2CC(C)(C)C(C)C. The Kier molecular flexibility index (Phi) is 3.62. The fourth-order valence-electron chi connectivity index (χ4n) is 1.84. The molecule has 1 N–H and O–H groups in total. The van der Waals surface area contributed by atoms with Crippen LogP contribution in [-0.2, 0) is 6.54 Å². The molecule has 0 unspecified atom stereocenters. The molecule has 0 bridgehead atoms. The summed E-state index contributed by atoms with van der Waals surface area (Å²) in [6.07, 6.45) is 1.50. The van der Waals surface area contributed by atoms with Gasteiger partial charge >= 0.3 is 0 Å². The maximum Gasteiger partial charge on any atom is 0.242 e. The maximum atomic E-state index is 5.40. The molecule has 0 atom stereocenters. The highest BCUT2D eigenvalue weighted by Gasteiger charge is 2.25. The Bertz CT molecular complexity index is 642. The molecule has 104 valence electrons. The lowest BCUT2D eigenvalue weighted by molar-refractivity contribution is 0.211. The minimum Gasteiger partial charge on any atom is -0.479 e. The number of aromatic amines is 1. The summed E-state index contributed by atoms with van der Waals surface area (Å²) in [5, 5.41) is 0. The van der Waals surface area contributed by atoms with Gasteiger partial charge in [-0.15, -0.1) is 0 Å². The molecule has 0 aliphatic heterocycles. The highest BCUT2D eigenvalue weighted by Crippen LogP contribution is 2.30. The van der Waals surface area contributed by atoms with E-state index in [1.165, 1.54) is 6.33 Å². The van der Waals surface area contributed by atoms with Gasteiger partial charge in [-0.25, -0.2) is 4.98 Å². The molecular formula is C13H20N4OS. The van der Waals surface area contributed by atoms with Crippen LogP contribution in [-0.4, -0.2) is 26.6 Å². The summed E-state index contributed by atoms with van der Waals surface area (Å²) >= 11 is 5.40. The van der Waals surface area contributed by atoms with Crippen LogP contribution in [0.3, 0.4) is 0 Å². The van der Waals surface area contributed by atoms with E-state index in [1.807, 2.05) is 4.57 Å². The Hall–Kier alpha value is -1.43. The zero-order valence-electron chi connectivity index (χ0n) is 12.0. The highest BCUT2D eigenvalue weighted by molar-refractivity contribution is 7.71. The van der Waals surface area contributed by atoms with Crippen molar-refractivity contribution in [1.29, 1.82) is 0 Å². The van der Waals surface area contributed by atoms with Crippen molar-refractivity contribution in [1.82, 2.24) is 19.5 Å². The van der Waals surface area contributed by atoms with Crippen LogP contribution < -0.4 is 4.74 Å². The van der Waals surface area contributed by atoms with E-state index in [4.69, 9.17) is 17.0 Å². The van der Waals surface area contributed by atoms with Gasteiger partial charge in [-0.3, -0.25) is 0 Å². The van der Waals surface area contributed by atoms with Crippen molar-refractivity contribution in [2.45, 2.75) is 34.2 Å². The van der Waals surface area contributed by atoms with E-state index < -0.39 is 0 Å². The third-order valence-electron chi connectivity index (χ3n) is 3.85. The molecule has 0 aromatic carbocycles. The van der Waals surface area contributed by atoms with Crippen molar-refractivity contribution < 1.29 is 4.74 Å². The zero-order valence-corrected chi connectivity index (χ0v) is 12.8. The van der Waals surface area contributed by atoms with Crippen LogP contribution in [0.4, 0.5) is 0 Å². The van der Waals surface area contributed by atoms with Crippen LogP contribution in [0.15, 0.2) is 6.33 Å². The molecule has 6 heteroatoms. The van der Waals surface area contributed by atoms with Gasteiger partial charge in [-0.2, -0.15) is 4.98 Å². The molecule has 0 aliphatic carbocycles. The predicted molar refractivity (Wildman–Crippen MR) is 77.9 cm³/mol. The van der Waals surface area contributed by atoms with E-state index in [0.29, 0.717) is 16.6 Å². The molecule has 19 heavy (non-hydrogen) atoms. The number of fused-ring (bicyclic) bond motifs is 1. The maximum absolute atomic E-state index is 5.40. The number of ether oxygens (including phenoxy) is 1. The molecule has 0 fully saturated rings. The number of hydrogen-bond donors (Lipinski definition) is 1. The summed E-state index contributed by atoms with van der Waals surface area (Å²) in [6, 6.07) is 0. The summed E-state index contributed by atoms with van der Waals surface area (Å²) in [4.78, 5) is 11.6. The van der Waals surface area contributed by atoms with Crippen molar-refractivity contribution >= 4 is 23.4 Å². The minimum absolute atomic E-state index is 0.130. The lowest BCUT2D eigenvalue weighted by Gasteiger charge is -2.29. The Morgan fingerprint density at radius 3 is 2.68 bits per heavy atom. The molecule has 0 spiro atoms. The summed E-state index contributed by atoms with van der Waals surface area (Å²) in [6.45, 7) is 9.71. The number of rotatable bonds is 4. The van der Waals surface area contributed by atoms with Crippen LogP contribution in [0.5, 0.6) is 5.88 Å². The summed E-state index contributed by atoms with van der Waals surface area (Å²) in [7, 11) is 1.59. The van der Waals surface area contributed by atoms with Crippen molar-refractivity contribution in [3.05, 3.63) is 11.1 Å². The smallest absolute Gasteiger partial charge is 0.242 e. The third kappa shape index (κ3) is 2.49. The second kappa shape index (κ2) is 4.92. The third-order valence-corrected chi connectivity index (χ3v) is 4.17. The normalized spacial score (nSPS) is 12.3. The average Bonchev–Trinajstić information content (AvgIpc) is 2.65. The van der Waals surface area contributed by atoms with Gasteiger partial charge in [-0.1, -0.05) is 27.7 Å². The van der Waals surface area contributed by atoms with Crippen LogP contribution in [0.2, 0.25) is 0 Å². The topological polar surface area (TPSA) is 55.7 Å². The van der Waals surface area contributed by atoms with Gasteiger partial charge in [0.25, 0.3) is 0 Å². The van der Waals surface area contributed by atoms with E-state index in [-0.39, 0.29) is 5.41 Å². The van der Waals surface area contributed by atoms with Gasteiger partial charge in [0.15, 0.2) is 10.4 Å². The molecule has 2 heterocycles. The summed E-state index contributed by atoms with van der Waals surface area (Å²) < 4.78 is 7.91. The lowest BCUT2D eigenvalue weighted by atomic mass is 9.81. The van der Waals surface area contributed by atoms with Crippen LogP contribution in [0.25, 0.3) is 11.2 Å². The van der Waals surface area contributed by atoms with E-state index >= 15 is 0 Å². The molecule has 0 amide bonds. The minimum atomic E-state index is 0.130. The van der Waals surface area contributed by atoms with Gasteiger partial charge in [0, 0.05) is 6.54 Å². The molecule has 2 aromatic rings. The van der Waals surface area contributed by atoms with E-state index in [0.717, 1.165) is 17.7 Å². The van der Waals surface area contributed by atoms with Crippen molar-refractivity contribution in [2.75, 3.05) is 7.11 Å². The average molecular weight is 280 g/mol. The molecule has 0 saturated heterocycles. The number of imidazole rings is 1. The van der Waals surface area contributed by atoms with Crippen LogP contribution >= 0.6 is 12.2 Å². The number of H-pyrrole nitrogens is 1. The molecular weight excluding hydrogens is 260 g/mol. The second-order valence-corrected chi connectivity index (χ2v) is 6.13.